The Morgan fingerprint density at radius 3 is 2.39 bits per heavy atom. The van der Waals surface area contributed by atoms with Gasteiger partial charge in [-0.15, -0.1) is 0 Å². The van der Waals surface area contributed by atoms with Gasteiger partial charge in [0.1, 0.15) is 5.69 Å². The van der Waals surface area contributed by atoms with Crippen LogP contribution in [0.15, 0.2) is 36.5 Å². The SMILES string of the molecule is CCc1c(Nc2cnc(C(F)(F)F)cc2C(=O)Nc2ccc(OC)nc2C)ccc(F)c1F. The van der Waals surface area contributed by atoms with Crippen molar-refractivity contribution in [2.24, 2.45) is 0 Å². The molecule has 3 aromatic rings. The molecule has 0 aliphatic rings. The summed E-state index contributed by atoms with van der Waals surface area (Å²) in [5.74, 6) is -2.75. The Bertz CT molecular complexity index is 1200. The first-order chi connectivity index (χ1) is 15.5. The Morgan fingerprint density at radius 1 is 1.09 bits per heavy atom. The molecule has 0 aliphatic carbocycles. The van der Waals surface area contributed by atoms with Gasteiger partial charge in [0.05, 0.1) is 35.9 Å². The molecule has 0 aliphatic heterocycles. The van der Waals surface area contributed by atoms with E-state index in [1.165, 1.54) is 25.3 Å². The summed E-state index contributed by atoms with van der Waals surface area (Å²) in [4.78, 5) is 20.4. The van der Waals surface area contributed by atoms with Crippen LogP contribution in [0, 0.1) is 18.6 Å². The van der Waals surface area contributed by atoms with Crippen LogP contribution in [0.3, 0.4) is 0 Å². The number of hydrogen-bond donors (Lipinski definition) is 2. The van der Waals surface area contributed by atoms with E-state index in [9.17, 15) is 26.7 Å². The van der Waals surface area contributed by atoms with Crippen molar-refractivity contribution in [3.05, 3.63) is 70.7 Å². The molecule has 0 fully saturated rings. The molecular formula is C22H19F5N4O2. The zero-order chi connectivity index (χ0) is 24.3. The molecule has 0 radical (unpaired) electrons. The van der Waals surface area contributed by atoms with Crippen LogP contribution in [-0.4, -0.2) is 23.0 Å². The first-order valence-electron chi connectivity index (χ1n) is 9.69. The van der Waals surface area contributed by atoms with Gasteiger partial charge in [0.2, 0.25) is 5.88 Å². The van der Waals surface area contributed by atoms with Gasteiger partial charge in [-0.05, 0) is 37.6 Å². The number of nitrogens with one attached hydrogen (secondary N) is 2. The third-order valence-corrected chi connectivity index (χ3v) is 4.78. The number of carbonyl (C=O) groups excluding carboxylic acids is 1. The summed E-state index contributed by atoms with van der Waals surface area (Å²) in [7, 11) is 1.41. The molecule has 2 aromatic heterocycles. The summed E-state index contributed by atoms with van der Waals surface area (Å²) in [6.45, 7) is 3.17. The Balaban J connectivity index is 2.04. The van der Waals surface area contributed by atoms with E-state index >= 15 is 0 Å². The van der Waals surface area contributed by atoms with E-state index in [1.54, 1.807) is 13.8 Å². The number of ether oxygens (including phenoxy) is 1. The molecule has 0 saturated heterocycles. The Hall–Kier alpha value is -3.76. The lowest BCUT2D eigenvalue weighted by atomic mass is 10.1. The van der Waals surface area contributed by atoms with Crippen LogP contribution in [-0.2, 0) is 12.6 Å². The van der Waals surface area contributed by atoms with Crippen molar-refractivity contribution in [2.45, 2.75) is 26.4 Å². The fraction of sp³-hybridized carbons (Fsp3) is 0.227. The number of aryl methyl sites for hydroxylation is 1. The molecule has 2 N–H and O–H groups in total. The van der Waals surface area contributed by atoms with E-state index in [0.29, 0.717) is 17.6 Å². The van der Waals surface area contributed by atoms with Crippen molar-refractivity contribution in [3.8, 4) is 5.88 Å². The number of alkyl halides is 3. The van der Waals surface area contributed by atoms with E-state index in [4.69, 9.17) is 4.74 Å². The molecule has 33 heavy (non-hydrogen) atoms. The highest BCUT2D eigenvalue weighted by molar-refractivity contribution is 6.08. The number of anilines is 3. The van der Waals surface area contributed by atoms with Crippen LogP contribution < -0.4 is 15.4 Å². The van der Waals surface area contributed by atoms with E-state index in [0.717, 1.165) is 12.3 Å². The van der Waals surface area contributed by atoms with Gasteiger partial charge in [-0.2, -0.15) is 13.2 Å². The highest BCUT2D eigenvalue weighted by Gasteiger charge is 2.34. The zero-order valence-electron chi connectivity index (χ0n) is 17.8. The molecular weight excluding hydrogens is 447 g/mol. The maximum Gasteiger partial charge on any atom is 0.433 e. The maximum absolute atomic E-state index is 14.2. The number of benzene rings is 1. The molecule has 3 rings (SSSR count). The lowest BCUT2D eigenvalue weighted by molar-refractivity contribution is -0.141. The van der Waals surface area contributed by atoms with Gasteiger partial charge in [0.25, 0.3) is 5.91 Å². The fourth-order valence-electron chi connectivity index (χ4n) is 3.07. The van der Waals surface area contributed by atoms with Crippen molar-refractivity contribution >= 4 is 23.0 Å². The van der Waals surface area contributed by atoms with E-state index in [2.05, 4.69) is 20.6 Å². The number of hydrogen-bond acceptors (Lipinski definition) is 5. The number of carbonyl (C=O) groups is 1. The van der Waals surface area contributed by atoms with Crippen molar-refractivity contribution < 1.29 is 31.5 Å². The van der Waals surface area contributed by atoms with Crippen LogP contribution >= 0.6 is 0 Å². The number of pyridine rings is 2. The minimum atomic E-state index is -4.80. The largest absolute Gasteiger partial charge is 0.481 e. The smallest absolute Gasteiger partial charge is 0.433 e. The third kappa shape index (κ3) is 5.18. The molecule has 1 amide bonds. The van der Waals surface area contributed by atoms with Gasteiger partial charge in [-0.3, -0.25) is 4.79 Å². The van der Waals surface area contributed by atoms with Crippen LogP contribution in [0.4, 0.5) is 39.0 Å². The quantitative estimate of drug-likeness (QED) is 0.460. The Kier molecular flexibility index (Phi) is 6.80. The topological polar surface area (TPSA) is 76.1 Å². The summed E-state index contributed by atoms with van der Waals surface area (Å²) in [5, 5.41) is 5.21. The normalized spacial score (nSPS) is 11.3. The lowest BCUT2D eigenvalue weighted by Gasteiger charge is -2.17. The van der Waals surface area contributed by atoms with Gasteiger partial charge in [-0.25, -0.2) is 18.7 Å². The van der Waals surface area contributed by atoms with Gasteiger partial charge in [0.15, 0.2) is 11.6 Å². The molecule has 0 atom stereocenters. The number of amides is 1. The monoisotopic (exact) mass is 466 g/mol. The molecule has 0 unspecified atom stereocenters. The van der Waals surface area contributed by atoms with Crippen molar-refractivity contribution in [1.29, 1.82) is 0 Å². The van der Waals surface area contributed by atoms with E-state index in [1.807, 2.05) is 0 Å². The molecule has 6 nitrogen and oxygen atoms in total. The molecule has 2 heterocycles. The molecule has 174 valence electrons. The highest BCUT2D eigenvalue weighted by Crippen LogP contribution is 2.33. The predicted molar refractivity (Wildman–Crippen MR) is 112 cm³/mol. The number of rotatable bonds is 6. The van der Waals surface area contributed by atoms with Crippen molar-refractivity contribution in [3.63, 3.8) is 0 Å². The number of nitrogens with zero attached hydrogens (tertiary/aromatic N) is 2. The first kappa shape index (κ1) is 23.9. The second-order valence-electron chi connectivity index (χ2n) is 6.92. The molecule has 0 bridgehead atoms. The second kappa shape index (κ2) is 9.39. The second-order valence-corrected chi connectivity index (χ2v) is 6.92. The summed E-state index contributed by atoms with van der Waals surface area (Å²) < 4.78 is 72.5. The van der Waals surface area contributed by atoms with Crippen molar-refractivity contribution in [1.82, 2.24) is 9.97 Å². The Morgan fingerprint density at radius 2 is 1.79 bits per heavy atom. The average molecular weight is 466 g/mol. The van der Waals surface area contributed by atoms with Crippen LogP contribution in [0.5, 0.6) is 5.88 Å². The van der Waals surface area contributed by atoms with Gasteiger partial charge < -0.3 is 15.4 Å². The zero-order valence-corrected chi connectivity index (χ0v) is 17.8. The van der Waals surface area contributed by atoms with E-state index < -0.39 is 35.0 Å². The molecule has 1 aromatic carbocycles. The average Bonchev–Trinajstić information content (AvgIpc) is 2.77. The number of aromatic nitrogens is 2. The van der Waals surface area contributed by atoms with Gasteiger partial charge in [-0.1, -0.05) is 6.92 Å². The summed E-state index contributed by atoms with van der Waals surface area (Å²) >= 11 is 0. The maximum atomic E-state index is 14.2. The van der Waals surface area contributed by atoms with Crippen molar-refractivity contribution in [2.75, 3.05) is 17.7 Å². The number of halogens is 5. The molecule has 0 spiro atoms. The fourth-order valence-corrected chi connectivity index (χ4v) is 3.07. The summed E-state index contributed by atoms with van der Waals surface area (Å²) in [6.07, 6.45) is -3.89. The minimum Gasteiger partial charge on any atom is -0.481 e. The summed E-state index contributed by atoms with van der Waals surface area (Å²) in [6, 6.07) is 5.65. The third-order valence-electron chi connectivity index (χ3n) is 4.78. The standard InChI is InChI=1S/C22H19F5N4O2/c1-4-12-16(6-5-14(23)20(12)24)30-17-10-28-18(22(25,26)27)9-13(17)21(32)31-15-7-8-19(33-3)29-11(15)2/h5-10,30H,4H2,1-3H3,(H,31,32). The van der Waals surface area contributed by atoms with Gasteiger partial charge in [0, 0.05) is 17.3 Å². The predicted octanol–water partition coefficient (Wildman–Crippen LogP) is 5.65. The Labute approximate surface area is 185 Å². The van der Waals surface area contributed by atoms with Crippen LogP contribution in [0.25, 0.3) is 0 Å². The van der Waals surface area contributed by atoms with Crippen LogP contribution in [0.1, 0.15) is 34.2 Å². The van der Waals surface area contributed by atoms with Crippen LogP contribution in [0.2, 0.25) is 0 Å². The van der Waals surface area contributed by atoms with E-state index in [-0.39, 0.29) is 29.0 Å². The highest BCUT2D eigenvalue weighted by atomic mass is 19.4. The summed E-state index contributed by atoms with van der Waals surface area (Å²) in [5.41, 5.74) is -1.13. The van der Waals surface area contributed by atoms with Gasteiger partial charge >= 0.3 is 6.18 Å². The lowest BCUT2D eigenvalue weighted by Crippen LogP contribution is -2.18. The first-order valence-corrected chi connectivity index (χ1v) is 9.69. The molecule has 0 saturated carbocycles. The molecule has 11 heteroatoms. The minimum absolute atomic E-state index is 0.0311. The number of methoxy groups -OCH3 is 1.